The molecule has 9 rings (SSSR count). The van der Waals surface area contributed by atoms with Gasteiger partial charge in [0.05, 0.1) is 0 Å². The van der Waals surface area contributed by atoms with Crippen molar-refractivity contribution in [3.63, 3.8) is 0 Å². The van der Waals surface area contributed by atoms with E-state index in [0.717, 1.165) is 51.4 Å². The van der Waals surface area contributed by atoms with Gasteiger partial charge in [0.1, 0.15) is 0 Å². The van der Waals surface area contributed by atoms with Crippen molar-refractivity contribution in [2.24, 2.45) is 0 Å². The van der Waals surface area contributed by atoms with E-state index in [1.807, 2.05) is 0 Å². The van der Waals surface area contributed by atoms with Gasteiger partial charge in [-0.05, 0) is 0 Å². The van der Waals surface area contributed by atoms with Crippen molar-refractivity contribution in [2.45, 2.75) is 165 Å². The average molecular weight is 1060 g/mol. The summed E-state index contributed by atoms with van der Waals surface area (Å²) < 4.78 is 1.15. The first-order valence-corrected chi connectivity index (χ1v) is 39.2. The third kappa shape index (κ3) is 8.84. The van der Waals surface area contributed by atoms with Gasteiger partial charge in [0.15, 0.2) is 0 Å². The van der Waals surface area contributed by atoms with Crippen LogP contribution in [0.3, 0.4) is 0 Å². The van der Waals surface area contributed by atoms with Gasteiger partial charge in [-0.2, -0.15) is 0 Å². The molecule has 0 saturated heterocycles. The number of aryl methyl sites for hydroxylation is 2. The zero-order chi connectivity index (χ0) is 49.8. The number of hydrogen-bond donors (Lipinski definition) is 0. The first-order chi connectivity index (χ1) is 33.5. The fraction of sp³-hybridized carbons (Fsp3) is 0.394. The zero-order valence-electron chi connectivity index (χ0n) is 44.6. The molecule has 2 aliphatic carbocycles. The van der Waals surface area contributed by atoms with Crippen LogP contribution in [0.15, 0.2) is 114 Å². The second kappa shape index (κ2) is 20.4. The number of hydrogen-bond acceptors (Lipinski definition) is 0. The van der Waals surface area contributed by atoms with Gasteiger partial charge in [0.2, 0.25) is 0 Å². The van der Waals surface area contributed by atoms with Crippen LogP contribution in [0.4, 0.5) is 0 Å². The summed E-state index contributed by atoms with van der Waals surface area (Å²) in [5, 5.41) is 3.01. The molecule has 70 heavy (non-hydrogen) atoms. The molecule has 1 heterocycles. The minimum absolute atomic E-state index is 0.0925. The number of fused-ring (bicyclic) bond motifs is 5. The number of halogens is 2. The van der Waals surface area contributed by atoms with Crippen LogP contribution in [0.5, 0.6) is 0 Å². The second-order valence-corrected chi connectivity index (χ2v) is 45.1. The number of unbranched alkanes of at least 4 members (excludes halogenated alkanes) is 2. The van der Waals surface area contributed by atoms with Gasteiger partial charge in [0.25, 0.3) is 0 Å². The van der Waals surface area contributed by atoms with Crippen LogP contribution in [-0.2, 0) is 29.2 Å². The SMILES string of the molecule is CCCCC1=Cc2c(ccc(CC)c2-c2cc(C(C)C)cc(C(C)C)c2)[CH]1[Zr]([Cl])([Cl])([c]1cccc2c1[SiH2]c1ccccc1-2)[CH]1C(CCCC)=Cc2c1ccc(CC)c2-c1cc(C(C)C)cc(C(C)C)c1. The molecule has 6 aromatic rings. The monoisotopic (exact) mass is 1060 g/mol. The number of rotatable bonds is 17. The van der Waals surface area contributed by atoms with E-state index in [1.54, 1.807) is 0 Å². The van der Waals surface area contributed by atoms with Crippen molar-refractivity contribution in [1.29, 1.82) is 0 Å². The number of benzene rings is 6. The summed E-state index contributed by atoms with van der Waals surface area (Å²) in [6, 6.07) is 41.2. The fourth-order valence-electron chi connectivity index (χ4n) is 12.9. The quantitative estimate of drug-likeness (QED) is 0.0798. The third-order valence-electron chi connectivity index (χ3n) is 16.8. The summed E-state index contributed by atoms with van der Waals surface area (Å²) in [6.07, 6.45) is 13.6. The van der Waals surface area contributed by atoms with Gasteiger partial charge < -0.3 is 0 Å². The van der Waals surface area contributed by atoms with E-state index in [9.17, 15) is 17.0 Å². The standard InChI is InChI=1S/2C27H35.C12H9Si.2ClH.Zr/c2*1-7-9-10-20-13-22-12-11-21(8-2)27(26(22)14-20)25-16-23(18(3)4)15-24(17-25)19(5)6;1-3-7-11-9(5-1)10-6-2-4-8-12(10)13-11;;;/h2*11-19H,7-10H2,1-6H3;1-7H,13H2;2*1H;/q;;;;;+2/p-2. The van der Waals surface area contributed by atoms with Crippen molar-refractivity contribution in [2.75, 3.05) is 0 Å². The Morgan fingerprint density at radius 3 is 1.34 bits per heavy atom. The van der Waals surface area contributed by atoms with Gasteiger partial charge >= 0.3 is 437 Å². The summed E-state index contributed by atoms with van der Waals surface area (Å²) in [7, 11) is 18.5. The summed E-state index contributed by atoms with van der Waals surface area (Å²) >= 11 is -5.79. The molecule has 3 aliphatic rings. The molecule has 1 aliphatic heterocycles. The van der Waals surface area contributed by atoms with E-state index in [-0.39, 0.29) is 7.25 Å². The minimum atomic E-state index is -5.79. The maximum atomic E-state index is 9.69. The molecule has 0 aromatic heterocycles. The molecular weight excluding hydrogens is 983 g/mol. The van der Waals surface area contributed by atoms with Gasteiger partial charge in [-0.1, -0.05) is 0 Å². The average Bonchev–Trinajstić information content (AvgIpc) is 4.06. The Morgan fingerprint density at radius 2 is 0.929 bits per heavy atom. The van der Waals surface area contributed by atoms with E-state index in [1.165, 1.54) is 114 Å². The van der Waals surface area contributed by atoms with Crippen LogP contribution in [0.25, 0.3) is 45.5 Å². The third-order valence-corrected chi connectivity index (χ3v) is 39.6. The van der Waals surface area contributed by atoms with Crippen molar-refractivity contribution in [1.82, 2.24) is 0 Å². The van der Waals surface area contributed by atoms with Crippen LogP contribution >= 0.6 is 17.0 Å². The summed E-state index contributed by atoms with van der Waals surface area (Å²) in [5.41, 5.74) is 25.0. The predicted molar refractivity (Wildman–Crippen MR) is 310 cm³/mol. The zero-order valence-corrected chi connectivity index (χ0v) is 49.9. The van der Waals surface area contributed by atoms with E-state index < -0.39 is 25.9 Å². The Balaban J connectivity index is 1.40. The maximum absolute atomic E-state index is 9.69. The summed E-state index contributed by atoms with van der Waals surface area (Å²) in [6.45, 7) is 28.1. The van der Waals surface area contributed by atoms with Gasteiger partial charge in [0, 0.05) is 0 Å². The first kappa shape index (κ1) is 51.4. The molecule has 365 valence electrons. The molecule has 0 radical (unpaired) electrons. The van der Waals surface area contributed by atoms with E-state index in [4.69, 9.17) is 0 Å². The van der Waals surface area contributed by atoms with Crippen LogP contribution in [0.1, 0.15) is 208 Å². The Morgan fingerprint density at radius 1 is 0.500 bits per heavy atom. The van der Waals surface area contributed by atoms with E-state index in [2.05, 4.69) is 198 Å². The second-order valence-electron chi connectivity index (χ2n) is 22.6. The molecular formula is C66H79Cl2SiZr. The summed E-state index contributed by atoms with van der Waals surface area (Å²) in [5.74, 6) is 1.69. The Hall–Kier alpha value is -3.52. The molecule has 0 saturated carbocycles. The van der Waals surface area contributed by atoms with Gasteiger partial charge in [-0.3, -0.25) is 0 Å². The van der Waals surface area contributed by atoms with Crippen LogP contribution in [0.2, 0.25) is 0 Å². The van der Waals surface area contributed by atoms with E-state index >= 15 is 0 Å². The Bertz CT molecular complexity index is 2830. The van der Waals surface area contributed by atoms with Crippen molar-refractivity contribution in [3.05, 3.63) is 170 Å². The summed E-state index contributed by atoms with van der Waals surface area (Å²) in [4.78, 5) is 0. The molecule has 0 nitrogen and oxygen atoms in total. The van der Waals surface area contributed by atoms with Crippen LogP contribution < -0.4 is 13.6 Å². The molecule has 0 amide bonds. The van der Waals surface area contributed by atoms with Crippen molar-refractivity contribution in [3.8, 4) is 33.4 Å². The van der Waals surface area contributed by atoms with Crippen molar-refractivity contribution >= 4 is 52.3 Å². The molecule has 2 unspecified atom stereocenters. The molecule has 0 N–H and O–H groups in total. The Kier molecular flexibility index (Phi) is 15.0. The molecule has 4 heteroatoms. The van der Waals surface area contributed by atoms with Crippen molar-refractivity contribution < 1.29 is 16.4 Å². The molecule has 0 bridgehead atoms. The van der Waals surface area contributed by atoms with Crippen LogP contribution in [-0.4, -0.2) is 9.52 Å². The molecule has 0 spiro atoms. The predicted octanol–water partition coefficient (Wildman–Crippen LogP) is 18.0. The molecule has 6 aromatic carbocycles. The van der Waals surface area contributed by atoms with Crippen LogP contribution in [0, 0.1) is 0 Å². The van der Waals surface area contributed by atoms with Gasteiger partial charge in [-0.25, -0.2) is 0 Å². The first-order valence-electron chi connectivity index (χ1n) is 27.3. The topological polar surface area (TPSA) is 0 Å². The van der Waals surface area contributed by atoms with E-state index in [0.29, 0.717) is 23.7 Å². The fourth-order valence-corrected chi connectivity index (χ4v) is 40.9. The normalized spacial score (nSPS) is 17.0. The number of allylic oxidation sites excluding steroid dienone is 2. The Labute approximate surface area is 433 Å². The molecule has 2 atom stereocenters. The molecule has 0 fully saturated rings. The van der Waals surface area contributed by atoms with Gasteiger partial charge in [-0.15, -0.1) is 0 Å².